The zero-order valence-electron chi connectivity index (χ0n) is 11.2. The highest BCUT2D eigenvalue weighted by atomic mass is 16.3. The molecule has 2 rings (SSSR count). The zero-order valence-corrected chi connectivity index (χ0v) is 11.2. The molecule has 0 aromatic heterocycles. The quantitative estimate of drug-likeness (QED) is 0.743. The average molecular weight is 254 g/mol. The van der Waals surface area contributed by atoms with Gasteiger partial charge in [0.05, 0.1) is 0 Å². The van der Waals surface area contributed by atoms with Crippen LogP contribution in [0.3, 0.4) is 0 Å². The molecule has 0 aromatic rings. The summed E-state index contributed by atoms with van der Waals surface area (Å²) in [6.45, 7) is 4.24. The molecule has 2 fully saturated rings. The topological polar surface area (TPSA) is 52.6 Å². The van der Waals surface area contributed by atoms with E-state index in [1.54, 1.807) is 0 Å². The van der Waals surface area contributed by atoms with Crippen LogP contribution >= 0.6 is 0 Å². The van der Waals surface area contributed by atoms with Gasteiger partial charge in [0.1, 0.15) is 0 Å². The Balaban J connectivity index is 1.59. The first kappa shape index (κ1) is 13.8. The van der Waals surface area contributed by atoms with E-state index >= 15 is 0 Å². The maximum atomic E-state index is 11.8. The van der Waals surface area contributed by atoms with Gasteiger partial charge in [-0.1, -0.05) is 6.42 Å². The predicted molar refractivity (Wildman–Crippen MR) is 71.2 cm³/mol. The summed E-state index contributed by atoms with van der Waals surface area (Å²) in [5.74, 6) is 1.07. The highest BCUT2D eigenvalue weighted by molar-refractivity contribution is 5.76. The van der Waals surface area contributed by atoms with E-state index in [1.807, 2.05) is 0 Å². The van der Waals surface area contributed by atoms with Crippen LogP contribution in [0.4, 0.5) is 0 Å². The molecule has 2 atom stereocenters. The third kappa shape index (κ3) is 3.95. The summed E-state index contributed by atoms with van der Waals surface area (Å²) in [5.41, 5.74) is 0. The number of likely N-dealkylation sites (tertiary alicyclic amines) is 1. The lowest BCUT2D eigenvalue weighted by Crippen LogP contribution is -2.34. The van der Waals surface area contributed by atoms with Gasteiger partial charge in [0.2, 0.25) is 5.91 Å². The van der Waals surface area contributed by atoms with Crippen LogP contribution in [0.5, 0.6) is 0 Å². The normalized spacial score (nSPS) is 28.7. The molecule has 4 heteroatoms. The molecule has 2 aliphatic rings. The van der Waals surface area contributed by atoms with Crippen LogP contribution in [-0.4, -0.2) is 48.7 Å². The van der Waals surface area contributed by atoms with E-state index in [9.17, 15) is 9.90 Å². The number of nitrogens with one attached hydrogen (secondary N) is 1. The van der Waals surface area contributed by atoms with E-state index < -0.39 is 0 Å². The Morgan fingerprint density at radius 2 is 1.89 bits per heavy atom. The van der Waals surface area contributed by atoms with Crippen LogP contribution in [0.1, 0.15) is 38.5 Å². The second-order valence-electron chi connectivity index (χ2n) is 5.74. The number of aliphatic hydroxyl groups is 1. The Morgan fingerprint density at radius 3 is 2.61 bits per heavy atom. The van der Waals surface area contributed by atoms with Gasteiger partial charge in [0, 0.05) is 26.1 Å². The minimum atomic E-state index is 0.172. The molecule has 2 unspecified atom stereocenters. The van der Waals surface area contributed by atoms with Crippen LogP contribution in [0.15, 0.2) is 0 Å². The smallest absolute Gasteiger partial charge is 0.221 e. The predicted octanol–water partition coefficient (Wildman–Crippen LogP) is 0.997. The fraction of sp³-hybridized carbons (Fsp3) is 0.929. The molecule has 1 saturated carbocycles. The van der Waals surface area contributed by atoms with Crippen LogP contribution in [0.2, 0.25) is 0 Å². The average Bonchev–Trinajstić information content (AvgIpc) is 3.04. The number of hydrogen-bond acceptors (Lipinski definition) is 3. The van der Waals surface area contributed by atoms with Gasteiger partial charge in [-0.15, -0.1) is 0 Å². The third-order valence-corrected chi connectivity index (χ3v) is 4.47. The molecule has 104 valence electrons. The van der Waals surface area contributed by atoms with E-state index in [0.29, 0.717) is 18.3 Å². The second kappa shape index (κ2) is 7.10. The number of carbonyl (C=O) groups excluding carboxylic acids is 1. The van der Waals surface area contributed by atoms with Gasteiger partial charge >= 0.3 is 0 Å². The first-order valence-corrected chi connectivity index (χ1v) is 7.39. The van der Waals surface area contributed by atoms with Crippen LogP contribution in [0.25, 0.3) is 0 Å². The van der Waals surface area contributed by atoms with Gasteiger partial charge in [-0.05, 0) is 50.6 Å². The summed E-state index contributed by atoms with van der Waals surface area (Å²) in [6.07, 6.45) is 6.64. The van der Waals surface area contributed by atoms with Gasteiger partial charge in [-0.2, -0.15) is 0 Å². The van der Waals surface area contributed by atoms with Gasteiger partial charge < -0.3 is 15.3 Å². The Bertz CT molecular complexity index is 265. The molecule has 1 heterocycles. The van der Waals surface area contributed by atoms with Crippen LogP contribution in [-0.2, 0) is 4.79 Å². The van der Waals surface area contributed by atoms with E-state index in [4.69, 9.17) is 0 Å². The number of carbonyl (C=O) groups is 1. The summed E-state index contributed by atoms with van der Waals surface area (Å²) in [5, 5.41) is 12.3. The zero-order chi connectivity index (χ0) is 12.8. The summed E-state index contributed by atoms with van der Waals surface area (Å²) < 4.78 is 0. The molecule has 0 aromatic carbocycles. The van der Waals surface area contributed by atoms with Gasteiger partial charge in [0.15, 0.2) is 0 Å². The van der Waals surface area contributed by atoms with Crippen molar-refractivity contribution in [2.45, 2.75) is 38.5 Å². The third-order valence-electron chi connectivity index (χ3n) is 4.47. The molecule has 1 saturated heterocycles. The monoisotopic (exact) mass is 254 g/mol. The summed E-state index contributed by atoms with van der Waals surface area (Å²) in [6, 6.07) is 0. The molecule has 4 nitrogen and oxygen atoms in total. The van der Waals surface area contributed by atoms with Crippen molar-refractivity contribution >= 4 is 5.91 Å². The first-order valence-electron chi connectivity index (χ1n) is 7.39. The lowest BCUT2D eigenvalue weighted by atomic mass is 9.97. The van der Waals surface area contributed by atoms with Crippen molar-refractivity contribution in [3.63, 3.8) is 0 Å². The Morgan fingerprint density at radius 1 is 1.17 bits per heavy atom. The number of nitrogens with zero attached hydrogens (tertiary/aromatic N) is 1. The fourth-order valence-electron chi connectivity index (χ4n) is 3.22. The summed E-state index contributed by atoms with van der Waals surface area (Å²) >= 11 is 0. The Hall–Kier alpha value is -0.610. The van der Waals surface area contributed by atoms with Gasteiger partial charge in [-0.3, -0.25) is 4.79 Å². The van der Waals surface area contributed by atoms with E-state index in [-0.39, 0.29) is 12.5 Å². The minimum absolute atomic E-state index is 0.172. The van der Waals surface area contributed by atoms with Crippen molar-refractivity contribution in [1.29, 1.82) is 0 Å². The molecule has 1 amide bonds. The van der Waals surface area contributed by atoms with Crippen LogP contribution in [0, 0.1) is 11.8 Å². The highest BCUT2D eigenvalue weighted by Gasteiger charge is 2.26. The Labute approximate surface area is 110 Å². The Kier molecular flexibility index (Phi) is 5.45. The summed E-state index contributed by atoms with van der Waals surface area (Å²) in [7, 11) is 0. The van der Waals surface area contributed by atoms with Crippen molar-refractivity contribution in [2.24, 2.45) is 11.8 Å². The highest BCUT2D eigenvalue weighted by Crippen LogP contribution is 2.30. The van der Waals surface area contributed by atoms with Crippen molar-refractivity contribution in [2.75, 3.05) is 32.8 Å². The number of hydrogen-bond donors (Lipinski definition) is 2. The molecule has 1 aliphatic carbocycles. The summed E-state index contributed by atoms with van der Waals surface area (Å²) in [4.78, 5) is 14.1. The van der Waals surface area contributed by atoms with Crippen molar-refractivity contribution < 1.29 is 9.90 Å². The number of rotatable bonds is 6. The molecule has 0 radical (unpaired) electrons. The molecule has 1 aliphatic heterocycles. The van der Waals surface area contributed by atoms with Crippen molar-refractivity contribution in [3.05, 3.63) is 0 Å². The molecular formula is C14H26N2O2. The van der Waals surface area contributed by atoms with Gasteiger partial charge in [-0.25, -0.2) is 0 Å². The van der Waals surface area contributed by atoms with Crippen molar-refractivity contribution in [1.82, 2.24) is 10.2 Å². The second-order valence-corrected chi connectivity index (χ2v) is 5.74. The maximum Gasteiger partial charge on any atom is 0.221 e. The van der Waals surface area contributed by atoms with Crippen molar-refractivity contribution in [3.8, 4) is 0 Å². The fourth-order valence-corrected chi connectivity index (χ4v) is 3.22. The molecule has 2 N–H and O–H groups in total. The minimum Gasteiger partial charge on any atom is -0.396 e. The molecule has 0 spiro atoms. The lowest BCUT2D eigenvalue weighted by Gasteiger charge is -2.18. The lowest BCUT2D eigenvalue weighted by molar-refractivity contribution is -0.121. The van der Waals surface area contributed by atoms with E-state index in [2.05, 4.69) is 10.2 Å². The largest absolute Gasteiger partial charge is 0.396 e. The maximum absolute atomic E-state index is 11.8. The van der Waals surface area contributed by atoms with Crippen LogP contribution < -0.4 is 5.32 Å². The standard InChI is InChI=1S/C14H26N2O2/c17-11-13-5-3-4-12(13)10-15-14(18)6-9-16-7-1-2-8-16/h12-13,17H,1-11H2,(H,15,18). The first-order chi connectivity index (χ1) is 8.79. The molecular weight excluding hydrogens is 228 g/mol. The van der Waals surface area contributed by atoms with E-state index in [0.717, 1.165) is 39.0 Å². The number of amides is 1. The molecule has 0 bridgehead atoms. The van der Waals surface area contributed by atoms with E-state index in [1.165, 1.54) is 19.3 Å². The molecule has 18 heavy (non-hydrogen) atoms. The SMILES string of the molecule is O=C(CCN1CCCC1)NCC1CCCC1CO. The van der Waals surface area contributed by atoms with Gasteiger partial charge in [0.25, 0.3) is 0 Å². The number of aliphatic hydroxyl groups excluding tert-OH is 1.